The highest BCUT2D eigenvalue weighted by Gasteiger charge is 2.57. The van der Waals surface area contributed by atoms with Crippen LogP contribution in [0.5, 0.6) is 0 Å². The highest BCUT2D eigenvalue weighted by molar-refractivity contribution is 7.89. The molecular formula is C21H27N3O5S. The summed E-state index contributed by atoms with van der Waals surface area (Å²) in [7, 11) is -3.95. The Hall–Kier alpha value is -2.33. The maximum absolute atomic E-state index is 13.2. The number of nitrogens with two attached hydrogens (primary N) is 1. The van der Waals surface area contributed by atoms with Crippen molar-refractivity contribution in [2.45, 2.75) is 42.7 Å². The molecule has 3 rings (SSSR count). The van der Waals surface area contributed by atoms with E-state index in [0.29, 0.717) is 6.42 Å². The van der Waals surface area contributed by atoms with Crippen molar-refractivity contribution in [2.24, 2.45) is 11.7 Å². The predicted molar refractivity (Wildman–Crippen MR) is 113 cm³/mol. The number of nitro benzene ring substituents is 1. The van der Waals surface area contributed by atoms with Gasteiger partial charge in [-0.1, -0.05) is 44.2 Å². The predicted octanol–water partition coefficient (Wildman–Crippen LogP) is 2.49. The number of aliphatic hydroxyl groups excluding tert-OH is 1. The molecule has 0 radical (unpaired) electrons. The van der Waals surface area contributed by atoms with Crippen molar-refractivity contribution in [1.82, 2.24) is 4.31 Å². The Labute approximate surface area is 176 Å². The first-order valence-corrected chi connectivity index (χ1v) is 11.3. The topological polar surface area (TPSA) is 127 Å². The van der Waals surface area contributed by atoms with Gasteiger partial charge in [0.25, 0.3) is 5.69 Å². The van der Waals surface area contributed by atoms with Crippen LogP contribution < -0.4 is 5.73 Å². The van der Waals surface area contributed by atoms with Crippen molar-refractivity contribution in [3.63, 3.8) is 0 Å². The third-order valence-electron chi connectivity index (χ3n) is 5.50. The van der Waals surface area contributed by atoms with E-state index >= 15 is 0 Å². The molecule has 0 heterocycles. The Kier molecular flexibility index (Phi) is 6.28. The lowest BCUT2D eigenvalue weighted by Gasteiger charge is -2.29. The van der Waals surface area contributed by atoms with Gasteiger partial charge in [0.05, 0.1) is 21.5 Å². The summed E-state index contributed by atoms with van der Waals surface area (Å²) in [6.45, 7) is 3.82. The van der Waals surface area contributed by atoms with E-state index in [1.807, 2.05) is 44.2 Å². The number of aliphatic hydroxyl groups is 1. The third-order valence-corrected chi connectivity index (χ3v) is 7.35. The standard InChI is InChI=1S/C21H27N3O5S/c1-15(2)13-23(30(28,29)18-10-8-17(9-11-18)24(26)27)14-20(25)21(22)12-19(21)16-6-4-3-5-7-16/h3-11,15,19-20,25H,12-14,22H2,1-2H3. The van der Waals surface area contributed by atoms with Crippen molar-refractivity contribution in [1.29, 1.82) is 0 Å². The van der Waals surface area contributed by atoms with Crippen molar-refractivity contribution in [3.05, 3.63) is 70.3 Å². The van der Waals surface area contributed by atoms with E-state index < -0.39 is 26.6 Å². The number of rotatable bonds is 9. The number of sulfonamides is 1. The van der Waals surface area contributed by atoms with Gasteiger partial charge < -0.3 is 10.8 Å². The molecule has 3 unspecified atom stereocenters. The Morgan fingerprint density at radius 2 is 1.77 bits per heavy atom. The van der Waals surface area contributed by atoms with Gasteiger partial charge in [0, 0.05) is 31.1 Å². The van der Waals surface area contributed by atoms with Gasteiger partial charge in [0.15, 0.2) is 0 Å². The summed E-state index contributed by atoms with van der Waals surface area (Å²) in [5.74, 6) is -0.0143. The van der Waals surface area contributed by atoms with Gasteiger partial charge in [-0.3, -0.25) is 10.1 Å². The van der Waals surface area contributed by atoms with Crippen LogP contribution in [0.1, 0.15) is 31.7 Å². The molecule has 2 aromatic rings. The Morgan fingerprint density at radius 1 is 1.17 bits per heavy atom. The molecule has 0 aromatic heterocycles. The molecular weight excluding hydrogens is 406 g/mol. The lowest BCUT2D eigenvalue weighted by molar-refractivity contribution is -0.384. The number of hydrogen-bond donors (Lipinski definition) is 2. The molecule has 9 heteroatoms. The molecule has 1 aliphatic carbocycles. The largest absolute Gasteiger partial charge is 0.390 e. The first kappa shape index (κ1) is 22.4. The average Bonchev–Trinajstić information content (AvgIpc) is 3.41. The van der Waals surface area contributed by atoms with Crippen molar-refractivity contribution in [3.8, 4) is 0 Å². The fourth-order valence-electron chi connectivity index (χ4n) is 3.71. The van der Waals surface area contributed by atoms with Crippen molar-refractivity contribution < 1.29 is 18.4 Å². The number of nitrogens with zero attached hydrogens (tertiary/aromatic N) is 2. The molecule has 0 aliphatic heterocycles. The first-order chi connectivity index (χ1) is 14.1. The third kappa shape index (κ3) is 4.54. The van der Waals surface area contributed by atoms with Crippen LogP contribution >= 0.6 is 0 Å². The lowest BCUT2D eigenvalue weighted by Crippen LogP contribution is -2.49. The molecule has 1 fully saturated rings. The van der Waals surface area contributed by atoms with Gasteiger partial charge in [0.2, 0.25) is 10.0 Å². The number of hydrogen-bond acceptors (Lipinski definition) is 6. The first-order valence-electron chi connectivity index (χ1n) is 9.82. The summed E-state index contributed by atoms with van der Waals surface area (Å²) in [4.78, 5) is 10.2. The van der Waals surface area contributed by atoms with Crippen LogP contribution in [0.2, 0.25) is 0 Å². The lowest BCUT2D eigenvalue weighted by atomic mass is 10.0. The van der Waals surface area contributed by atoms with Crippen LogP contribution in [-0.4, -0.2) is 47.5 Å². The molecule has 30 heavy (non-hydrogen) atoms. The van der Waals surface area contributed by atoms with Gasteiger partial charge in [-0.15, -0.1) is 0 Å². The second-order valence-corrected chi connectivity index (χ2v) is 10.2. The molecule has 2 aromatic carbocycles. The normalized spacial score (nSPS) is 22.3. The minimum Gasteiger partial charge on any atom is -0.390 e. The van der Waals surface area contributed by atoms with E-state index in [0.717, 1.165) is 17.7 Å². The van der Waals surface area contributed by atoms with E-state index in [1.54, 1.807) is 0 Å². The molecule has 8 nitrogen and oxygen atoms in total. The Morgan fingerprint density at radius 3 is 2.30 bits per heavy atom. The van der Waals surface area contributed by atoms with E-state index in [-0.39, 0.29) is 35.5 Å². The van der Waals surface area contributed by atoms with Crippen LogP contribution in [0.15, 0.2) is 59.5 Å². The molecule has 0 amide bonds. The quantitative estimate of drug-likeness (QED) is 0.462. The zero-order valence-corrected chi connectivity index (χ0v) is 17.8. The fourth-order valence-corrected chi connectivity index (χ4v) is 5.32. The second kappa shape index (κ2) is 8.43. The molecule has 1 saturated carbocycles. The van der Waals surface area contributed by atoms with Crippen LogP contribution in [0, 0.1) is 16.0 Å². The number of nitro groups is 1. The molecule has 162 valence electrons. The highest BCUT2D eigenvalue weighted by Crippen LogP contribution is 2.51. The van der Waals surface area contributed by atoms with Crippen molar-refractivity contribution in [2.75, 3.05) is 13.1 Å². The number of benzene rings is 2. The molecule has 3 N–H and O–H groups in total. The monoisotopic (exact) mass is 433 g/mol. The van der Waals surface area contributed by atoms with Crippen LogP contribution in [0.25, 0.3) is 0 Å². The molecule has 0 bridgehead atoms. The van der Waals surface area contributed by atoms with Gasteiger partial charge >= 0.3 is 0 Å². The Bertz CT molecular complexity index is 995. The highest BCUT2D eigenvalue weighted by atomic mass is 32.2. The summed E-state index contributed by atoms with van der Waals surface area (Å²) in [6.07, 6.45) is -0.472. The van der Waals surface area contributed by atoms with Crippen LogP contribution in [0.4, 0.5) is 5.69 Å². The molecule has 0 spiro atoms. The summed E-state index contributed by atoms with van der Waals surface area (Å²) in [6, 6.07) is 14.4. The Balaban J connectivity index is 1.81. The summed E-state index contributed by atoms with van der Waals surface area (Å²) in [5.41, 5.74) is 6.38. The smallest absolute Gasteiger partial charge is 0.269 e. The summed E-state index contributed by atoms with van der Waals surface area (Å²) < 4.78 is 27.6. The molecule has 0 saturated heterocycles. The van der Waals surface area contributed by atoms with Crippen molar-refractivity contribution >= 4 is 15.7 Å². The average molecular weight is 434 g/mol. The van der Waals surface area contributed by atoms with Gasteiger partial charge in [-0.05, 0) is 30.0 Å². The van der Waals surface area contributed by atoms with Gasteiger partial charge in [-0.25, -0.2) is 8.42 Å². The van der Waals surface area contributed by atoms with E-state index in [2.05, 4.69) is 0 Å². The van der Waals surface area contributed by atoms with E-state index in [9.17, 15) is 23.6 Å². The molecule has 3 atom stereocenters. The minimum atomic E-state index is -3.95. The summed E-state index contributed by atoms with van der Waals surface area (Å²) >= 11 is 0. The maximum Gasteiger partial charge on any atom is 0.269 e. The maximum atomic E-state index is 13.2. The van der Waals surface area contributed by atoms with E-state index in [4.69, 9.17) is 5.73 Å². The van der Waals surface area contributed by atoms with Gasteiger partial charge in [0.1, 0.15) is 0 Å². The van der Waals surface area contributed by atoms with Gasteiger partial charge in [-0.2, -0.15) is 4.31 Å². The minimum absolute atomic E-state index is 0.0165. The van der Waals surface area contributed by atoms with Crippen LogP contribution in [-0.2, 0) is 10.0 Å². The zero-order valence-electron chi connectivity index (χ0n) is 17.0. The zero-order chi connectivity index (χ0) is 22.1. The van der Waals surface area contributed by atoms with Crippen LogP contribution in [0.3, 0.4) is 0 Å². The fraction of sp³-hybridized carbons (Fsp3) is 0.429. The van der Waals surface area contributed by atoms with E-state index in [1.165, 1.54) is 16.4 Å². The number of non-ortho nitro benzene ring substituents is 1. The molecule has 1 aliphatic rings. The summed E-state index contributed by atoms with van der Waals surface area (Å²) in [5, 5.41) is 21.7. The second-order valence-electron chi connectivity index (χ2n) is 8.26. The SMILES string of the molecule is CC(C)CN(CC(O)C1(N)CC1c1ccccc1)S(=O)(=O)c1ccc([N+](=O)[O-])cc1.